The highest BCUT2D eigenvalue weighted by molar-refractivity contribution is 7.92. The summed E-state index contributed by atoms with van der Waals surface area (Å²) in [6, 6.07) is 14.1. The minimum absolute atomic E-state index is 0.0861. The van der Waals surface area contributed by atoms with Gasteiger partial charge >= 0.3 is 0 Å². The zero-order chi connectivity index (χ0) is 24.5. The third kappa shape index (κ3) is 4.79. The molecule has 0 aromatic heterocycles. The van der Waals surface area contributed by atoms with Crippen LogP contribution in [0.1, 0.15) is 23.6 Å². The molecule has 0 spiro atoms. The first-order valence-electron chi connectivity index (χ1n) is 10.2. The average molecular weight is 483 g/mol. The smallest absolute Gasteiger partial charge is 0.270 e. The van der Waals surface area contributed by atoms with Gasteiger partial charge in [0.2, 0.25) is 6.79 Å². The molecule has 4 rings (SSSR count). The van der Waals surface area contributed by atoms with E-state index in [0.717, 1.165) is 22.8 Å². The molecule has 0 fully saturated rings. The van der Waals surface area contributed by atoms with Gasteiger partial charge in [0.05, 0.1) is 22.0 Å². The van der Waals surface area contributed by atoms with E-state index >= 15 is 0 Å². The number of nitro groups is 1. The van der Waals surface area contributed by atoms with Gasteiger partial charge in [0.25, 0.3) is 15.7 Å². The van der Waals surface area contributed by atoms with E-state index < -0.39 is 14.9 Å². The number of fused-ring (bicyclic) bond motifs is 1. The number of nitrogens with one attached hydrogen (secondary N) is 2. The van der Waals surface area contributed by atoms with E-state index in [2.05, 4.69) is 15.2 Å². The van der Waals surface area contributed by atoms with Gasteiger partial charge in [-0.1, -0.05) is 17.7 Å². The standard InChI is InChI=1S/C23H22N4O6S/c1-14-4-7-19(15(2)10-14)26-34(30,31)23-12-18(27(28)29)6-8-20(23)25-24-16(3)17-5-9-21-22(11-17)33-13-32-21/h4-12,25-26H,13H2,1-3H3/b24-16+. The van der Waals surface area contributed by atoms with Crippen molar-refractivity contribution in [3.05, 3.63) is 81.4 Å². The van der Waals surface area contributed by atoms with E-state index in [1.807, 2.05) is 13.0 Å². The van der Waals surface area contributed by atoms with Crippen molar-refractivity contribution in [3.63, 3.8) is 0 Å². The predicted octanol–water partition coefficient (Wildman–Crippen LogP) is 4.58. The summed E-state index contributed by atoms with van der Waals surface area (Å²) >= 11 is 0. The van der Waals surface area contributed by atoms with Crippen LogP contribution in [-0.4, -0.2) is 25.8 Å². The summed E-state index contributed by atoms with van der Waals surface area (Å²) in [4.78, 5) is 10.4. The maximum absolute atomic E-state index is 13.2. The van der Waals surface area contributed by atoms with Gasteiger partial charge < -0.3 is 9.47 Å². The van der Waals surface area contributed by atoms with E-state index in [-0.39, 0.29) is 23.1 Å². The van der Waals surface area contributed by atoms with Crippen LogP contribution in [0, 0.1) is 24.0 Å². The molecule has 3 aromatic rings. The quantitative estimate of drug-likeness (QED) is 0.286. The number of hydrazone groups is 1. The first kappa shape index (κ1) is 23.1. The van der Waals surface area contributed by atoms with Crippen LogP contribution in [0.5, 0.6) is 11.5 Å². The maximum Gasteiger partial charge on any atom is 0.270 e. The Morgan fingerprint density at radius 1 is 1.00 bits per heavy atom. The summed E-state index contributed by atoms with van der Waals surface area (Å²) in [6.07, 6.45) is 0. The van der Waals surface area contributed by atoms with E-state index in [4.69, 9.17) is 9.47 Å². The summed E-state index contributed by atoms with van der Waals surface area (Å²) in [5, 5.41) is 15.6. The number of benzene rings is 3. The van der Waals surface area contributed by atoms with Crippen LogP contribution in [0.25, 0.3) is 0 Å². The van der Waals surface area contributed by atoms with Gasteiger partial charge in [-0.15, -0.1) is 0 Å². The van der Waals surface area contributed by atoms with Crippen molar-refractivity contribution in [2.24, 2.45) is 5.10 Å². The summed E-state index contributed by atoms with van der Waals surface area (Å²) in [5.74, 6) is 1.22. The Labute approximate surface area is 196 Å². The number of non-ortho nitro benzene ring substituents is 1. The largest absolute Gasteiger partial charge is 0.454 e. The highest BCUT2D eigenvalue weighted by Crippen LogP contribution is 2.33. The number of rotatable bonds is 7. The van der Waals surface area contributed by atoms with Gasteiger partial charge in [-0.25, -0.2) is 8.42 Å². The molecule has 34 heavy (non-hydrogen) atoms. The highest BCUT2D eigenvalue weighted by Gasteiger charge is 2.23. The van der Waals surface area contributed by atoms with Gasteiger partial charge in [-0.2, -0.15) is 5.10 Å². The maximum atomic E-state index is 13.2. The molecular weight excluding hydrogens is 460 g/mol. The fraction of sp³-hybridized carbons (Fsp3) is 0.174. The van der Waals surface area contributed by atoms with E-state index in [1.165, 1.54) is 12.1 Å². The number of hydrogen-bond acceptors (Lipinski definition) is 8. The molecule has 11 heteroatoms. The number of nitro benzene ring substituents is 1. The molecule has 1 aliphatic heterocycles. The second kappa shape index (κ2) is 9.02. The van der Waals surface area contributed by atoms with Gasteiger partial charge in [0.15, 0.2) is 11.5 Å². The van der Waals surface area contributed by atoms with Crippen molar-refractivity contribution in [2.45, 2.75) is 25.7 Å². The molecule has 0 bridgehead atoms. The zero-order valence-corrected chi connectivity index (χ0v) is 19.5. The van der Waals surface area contributed by atoms with Crippen molar-refractivity contribution < 1.29 is 22.8 Å². The second-order valence-electron chi connectivity index (χ2n) is 7.74. The molecule has 0 aliphatic carbocycles. The van der Waals surface area contributed by atoms with Crippen LogP contribution in [-0.2, 0) is 10.0 Å². The molecule has 176 valence electrons. The zero-order valence-electron chi connectivity index (χ0n) is 18.7. The molecule has 1 heterocycles. The molecule has 3 aromatic carbocycles. The lowest BCUT2D eigenvalue weighted by Crippen LogP contribution is -2.16. The van der Waals surface area contributed by atoms with E-state index in [0.29, 0.717) is 22.9 Å². The number of nitrogens with zero attached hydrogens (tertiary/aromatic N) is 2. The molecule has 0 unspecified atom stereocenters. The van der Waals surface area contributed by atoms with Gasteiger partial charge in [0.1, 0.15) is 4.90 Å². The van der Waals surface area contributed by atoms with Crippen molar-refractivity contribution >= 4 is 32.8 Å². The Hall–Kier alpha value is -4.12. The molecule has 0 saturated heterocycles. The van der Waals surface area contributed by atoms with Gasteiger partial charge in [-0.05, 0) is 56.7 Å². The molecule has 1 aliphatic rings. The fourth-order valence-electron chi connectivity index (χ4n) is 3.40. The Morgan fingerprint density at radius 2 is 1.74 bits per heavy atom. The van der Waals surface area contributed by atoms with Crippen molar-refractivity contribution in [1.29, 1.82) is 0 Å². The average Bonchev–Trinajstić information content (AvgIpc) is 3.27. The molecule has 10 nitrogen and oxygen atoms in total. The molecule has 0 amide bonds. The lowest BCUT2D eigenvalue weighted by molar-refractivity contribution is -0.385. The molecule has 0 atom stereocenters. The molecule has 0 saturated carbocycles. The van der Waals surface area contributed by atoms with Crippen LogP contribution in [0.3, 0.4) is 0 Å². The number of ether oxygens (including phenoxy) is 2. The van der Waals surface area contributed by atoms with Gasteiger partial charge in [-0.3, -0.25) is 20.3 Å². The lowest BCUT2D eigenvalue weighted by Gasteiger charge is -2.14. The molecule has 0 radical (unpaired) electrons. The number of sulfonamides is 1. The van der Waals surface area contributed by atoms with Crippen LogP contribution >= 0.6 is 0 Å². The number of hydrogen-bond donors (Lipinski definition) is 2. The molecular formula is C23H22N4O6S. The lowest BCUT2D eigenvalue weighted by atomic mass is 10.1. The SMILES string of the molecule is C/C(=N\Nc1ccc([N+](=O)[O-])cc1S(=O)(=O)Nc1ccc(C)cc1C)c1ccc2c(c1)OCO2. The topological polar surface area (TPSA) is 132 Å². The Kier molecular flexibility index (Phi) is 6.12. The number of aryl methyl sites for hydroxylation is 2. The Morgan fingerprint density at radius 3 is 2.47 bits per heavy atom. The van der Waals surface area contributed by atoms with Crippen molar-refractivity contribution in [2.75, 3.05) is 16.9 Å². The first-order valence-corrected chi connectivity index (χ1v) is 11.7. The van der Waals surface area contributed by atoms with Crippen LogP contribution in [0.4, 0.5) is 17.1 Å². The van der Waals surface area contributed by atoms with Crippen LogP contribution in [0.2, 0.25) is 0 Å². The minimum atomic E-state index is -4.18. The second-order valence-corrected chi connectivity index (χ2v) is 9.39. The summed E-state index contributed by atoms with van der Waals surface area (Å²) < 4.78 is 39.6. The fourth-order valence-corrected chi connectivity index (χ4v) is 4.70. The van der Waals surface area contributed by atoms with Crippen molar-refractivity contribution in [1.82, 2.24) is 0 Å². The third-order valence-corrected chi connectivity index (χ3v) is 6.63. The van der Waals surface area contributed by atoms with E-state index in [1.54, 1.807) is 44.2 Å². The van der Waals surface area contributed by atoms with Crippen LogP contribution in [0.15, 0.2) is 64.6 Å². The van der Waals surface area contributed by atoms with Gasteiger partial charge in [0, 0.05) is 17.7 Å². The normalized spacial score (nSPS) is 13.0. The summed E-state index contributed by atoms with van der Waals surface area (Å²) in [5.41, 5.74) is 5.82. The predicted molar refractivity (Wildman–Crippen MR) is 128 cm³/mol. The number of anilines is 2. The Bertz CT molecular complexity index is 1420. The minimum Gasteiger partial charge on any atom is -0.454 e. The summed E-state index contributed by atoms with van der Waals surface area (Å²) in [6.45, 7) is 5.55. The van der Waals surface area contributed by atoms with E-state index in [9.17, 15) is 18.5 Å². The molecule has 2 N–H and O–H groups in total. The Balaban J connectivity index is 1.67. The first-order chi connectivity index (χ1) is 16.1. The highest BCUT2D eigenvalue weighted by atomic mass is 32.2. The summed E-state index contributed by atoms with van der Waals surface area (Å²) in [7, 11) is -4.18. The third-order valence-electron chi connectivity index (χ3n) is 5.23. The monoisotopic (exact) mass is 482 g/mol. The van der Waals surface area contributed by atoms with Crippen LogP contribution < -0.4 is 19.6 Å². The van der Waals surface area contributed by atoms with Crippen molar-refractivity contribution in [3.8, 4) is 11.5 Å².